The summed E-state index contributed by atoms with van der Waals surface area (Å²) in [5.74, 6) is 0.350. The van der Waals surface area contributed by atoms with Gasteiger partial charge in [-0.3, -0.25) is 4.79 Å². The third-order valence-corrected chi connectivity index (χ3v) is 2.44. The molecule has 1 rings (SSSR count). The largest absolute Gasteiger partial charge is 0.299 e. The molecule has 0 aliphatic heterocycles. The molecule has 0 saturated heterocycles. The summed E-state index contributed by atoms with van der Waals surface area (Å²) in [6.45, 7) is 1.51. The highest BCUT2D eigenvalue weighted by Crippen LogP contribution is 2.32. The van der Waals surface area contributed by atoms with Crippen LogP contribution in [0.1, 0.15) is 32.6 Å². The molecule has 1 aliphatic carbocycles. The Hall–Kier alpha value is -0.840. The third-order valence-electron chi connectivity index (χ3n) is 2.44. The van der Waals surface area contributed by atoms with Gasteiger partial charge in [0.2, 0.25) is 0 Å². The molecule has 2 nitrogen and oxygen atoms in total. The summed E-state index contributed by atoms with van der Waals surface area (Å²) < 4.78 is 0. The maximum Gasteiger partial charge on any atom is 0.146 e. The predicted octanol–water partition coefficient (Wildman–Crippen LogP) is 1.91. The van der Waals surface area contributed by atoms with Gasteiger partial charge in [-0.15, -0.1) is 0 Å². The first-order valence-corrected chi connectivity index (χ1v) is 4.14. The Morgan fingerprint density at radius 3 is 2.64 bits per heavy atom. The van der Waals surface area contributed by atoms with Crippen molar-refractivity contribution in [1.82, 2.24) is 0 Å². The van der Waals surface area contributed by atoms with Gasteiger partial charge in [0, 0.05) is 0 Å². The van der Waals surface area contributed by atoms with Crippen LogP contribution in [0.15, 0.2) is 0 Å². The first kappa shape index (κ1) is 8.26. The van der Waals surface area contributed by atoms with Crippen LogP contribution >= 0.6 is 0 Å². The number of Topliss-reactive ketones (excluding diaryl/α,β-unsaturated/α-hetero) is 1. The maximum atomic E-state index is 10.8. The fourth-order valence-corrected chi connectivity index (χ4v) is 1.37. The second kappa shape index (κ2) is 3.52. The minimum atomic E-state index is -0.333. The molecule has 0 amide bonds. The Morgan fingerprint density at radius 1 is 1.73 bits per heavy atom. The highest BCUT2D eigenvalue weighted by molar-refractivity contribution is 5.80. The average molecular weight is 151 g/mol. The fraction of sp³-hybridized carbons (Fsp3) is 0.778. The van der Waals surface area contributed by atoms with E-state index in [9.17, 15) is 4.79 Å². The summed E-state index contributed by atoms with van der Waals surface area (Å²) in [5, 5.41) is 8.59. The molecule has 0 heterocycles. The zero-order chi connectivity index (χ0) is 8.27. The zero-order valence-corrected chi connectivity index (χ0v) is 6.84. The van der Waals surface area contributed by atoms with Crippen LogP contribution in [0.3, 0.4) is 0 Å². The molecule has 2 heteroatoms. The number of nitrogens with zero attached hydrogens (tertiary/aromatic N) is 1. The maximum absolute atomic E-state index is 10.8. The van der Waals surface area contributed by atoms with Crippen molar-refractivity contribution in [2.24, 2.45) is 11.8 Å². The van der Waals surface area contributed by atoms with Crippen molar-refractivity contribution in [3.63, 3.8) is 0 Å². The smallest absolute Gasteiger partial charge is 0.146 e. The first-order valence-electron chi connectivity index (χ1n) is 4.14. The molecule has 1 unspecified atom stereocenters. The van der Waals surface area contributed by atoms with E-state index in [0.29, 0.717) is 5.92 Å². The van der Waals surface area contributed by atoms with Crippen LogP contribution in [0.5, 0.6) is 0 Å². The Kier molecular flexibility index (Phi) is 2.64. The summed E-state index contributed by atoms with van der Waals surface area (Å²) in [5.41, 5.74) is 0. The van der Waals surface area contributed by atoms with Crippen LogP contribution in [-0.2, 0) is 4.79 Å². The second-order valence-electron chi connectivity index (χ2n) is 3.32. The van der Waals surface area contributed by atoms with Crippen molar-refractivity contribution in [3.05, 3.63) is 0 Å². The molecule has 0 N–H and O–H groups in total. The van der Waals surface area contributed by atoms with Gasteiger partial charge in [0.05, 0.1) is 6.07 Å². The molecule has 0 spiro atoms. The molecule has 0 radical (unpaired) electrons. The summed E-state index contributed by atoms with van der Waals surface area (Å²) >= 11 is 0. The Balaban J connectivity index is 2.32. The van der Waals surface area contributed by atoms with Gasteiger partial charge in [-0.25, -0.2) is 0 Å². The zero-order valence-electron chi connectivity index (χ0n) is 6.84. The molecule has 1 saturated carbocycles. The van der Waals surface area contributed by atoms with E-state index >= 15 is 0 Å². The van der Waals surface area contributed by atoms with E-state index in [1.807, 2.05) is 0 Å². The van der Waals surface area contributed by atoms with E-state index in [0.717, 1.165) is 6.42 Å². The lowest BCUT2D eigenvalue weighted by Crippen LogP contribution is -2.19. The van der Waals surface area contributed by atoms with E-state index in [-0.39, 0.29) is 11.7 Å². The van der Waals surface area contributed by atoms with Gasteiger partial charge in [-0.05, 0) is 19.3 Å². The molecule has 60 valence electrons. The highest BCUT2D eigenvalue weighted by Gasteiger charge is 2.23. The van der Waals surface area contributed by atoms with E-state index in [1.54, 1.807) is 0 Å². The number of carbonyl (C=O) groups excluding carboxylic acids is 1. The molecule has 0 bridgehead atoms. The standard InChI is InChI=1S/C9H13NO/c1-7(11)9(6-10)5-8-3-2-4-8/h8-9H,2-5H2,1H3. The minimum Gasteiger partial charge on any atom is -0.299 e. The lowest BCUT2D eigenvalue weighted by Gasteiger charge is -2.26. The van der Waals surface area contributed by atoms with Crippen molar-refractivity contribution < 1.29 is 4.79 Å². The molecule has 1 fully saturated rings. The predicted molar refractivity (Wildman–Crippen MR) is 41.7 cm³/mol. The Labute approximate surface area is 67.2 Å². The molecule has 11 heavy (non-hydrogen) atoms. The van der Waals surface area contributed by atoms with Gasteiger partial charge in [-0.2, -0.15) is 5.26 Å². The molecule has 1 atom stereocenters. The normalized spacial score (nSPS) is 20.0. The highest BCUT2D eigenvalue weighted by atomic mass is 16.1. The number of hydrogen-bond acceptors (Lipinski definition) is 2. The van der Waals surface area contributed by atoms with Gasteiger partial charge in [-0.1, -0.05) is 19.3 Å². The van der Waals surface area contributed by atoms with Gasteiger partial charge in [0.25, 0.3) is 0 Å². The van der Waals surface area contributed by atoms with Crippen LogP contribution < -0.4 is 0 Å². The minimum absolute atomic E-state index is 0.0272. The van der Waals surface area contributed by atoms with Crippen LogP contribution in [0.25, 0.3) is 0 Å². The van der Waals surface area contributed by atoms with Crippen molar-refractivity contribution in [2.45, 2.75) is 32.6 Å². The third kappa shape index (κ3) is 2.04. The quantitative estimate of drug-likeness (QED) is 0.618. The van der Waals surface area contributed by atoms with Crippen molar-refractivity contribution in [1.29, 1.82) is 5.26 Å². The lowest BCUT2D eigenvalue weighted by molar-refractivity contribution is -0.119. The number of ketones is 1. The van der Waals surface area contributed by atoms with Crippen molar-refractivity contribution in [3.8, 4) is 6.07 Å². The van der Waals surface area contributed by atoms with Crippen LogP contribution in [0, 0.1) is 23.2 Å². The number of hydrogen-bond donors (Lipinski definition) is 0. The average Bonchev–Trinajstić information content (AvgIpc) is 1.85. The lowest BCUT2D eigenvalue weighted by atomic mass is 9.78. The molecule has 0 aromatic carbocycles. The summed E-state index contributed by atoms with van der Waals surface area (Å²) in [7, 11) is 0. The summed E-state index contributed by atoms with van der Waals surface area (Å²) in [6.07, 6.45) is 4.50. The molecular weight excluding hydrogens is 138 g/mol. The van der Waals surface area contributed by atoms with Gasteiger partial charge >= 0.3 is 0 Å². The molecular formula is C9H13NO. The molecule has 0 aromatic heterocycles. The van der Waals surface area contributed by atoms with Gasteiger partial charge < -0.3 is 0 Å². The van der Waals surface area contributed by atoms with E-state index in [1.165, 1.54) is 26.2 Å². The van der Waals surface area contributed by atoms with E-state index in [4.69, 9.17) is 5.26 Å². The Morgan fingerprint density at radius 2 is 2.36 bits per heavy atom. The topological polar surface area (TPSA) is 40.9 Å². The van der Waals surface area contributed by atoms with Gasteiger partial charge in [0.15, 0.2) is 0 Å². The number of rotatable bonds is 3. The van der Waals surface area contributed by atoms with Crippen molar-refractivity contribution in [2.75, 3.05) is 0 Å². The van der Waals surface area contributed by atoms with Crippen molar-refractivity contribution >= 4 is 5.78 Å². The number of nitriles is 1. The SMILES string of the molecule is CC(=O)C(C#N)CC1CCC1. The monoisotopic (exact) mass is 151 g/mol. The Bertz CT molecular complexity index is 188. The first-order chi connectivity index (χ1) is 5.24. The molecule has 1 aliphatic rings. The fourth-order valence-electron chi connectivity index (χ4n) is 1.37. The van der Waals surface area contributed by atoms with E-state index in [2.05, 4.69) is 6.07 Å². The van der Waals surface area contributed by atoms with E-state index < -0.39 is 0 Å². The second-order valence-corrected chi connectivity index (χ2v) is 3.32. The molecule has 0 aromatic rings. The van der Waals surface area contributed by atoms with Gasteiger partial charge in [0.1, 0.15) is 11.7 Å². The number of carbonyl (C=O) groups is 1. The summed E-state index contributed by atoms with van der Waals surface area (Å²) in [4.78, 5) is 10.8. The summed E-state index contributed by atoms with van der Waals surface area (Å²) in [6, 6.07) is 2.05. The van der Waals surface area contributed by atoms with Crippen LogP contribution in [0.4, 0.5) is 0 Å². The van der Waals surface area contributed by atoms with Crippen LogP contribution in [-0.4, -0.2) is 5.78 Å². The van der Waals surface area contributed by atoms with Crippen LogP contribution in [0.2, 0.25) is 0 Å².